The van der Waals surface area contributed by atoms with E-state index in [2.05, 4.69) is 0 Å². The van der Waals surface area contributed by atoms with Crippen molar-refractivity contribution in [1.82, 2.24) is 0 Å². The van der Waals surface area contributed by atoms with Crippen molar-refractivity contribution in [2.24, 2.45) is 5.73 Å². The number of ether oxygens (including phenoxy) is 1. The van der Waals surface area contributed by atoms with E-state index in [0.29, 0.717) is 18.4 Å². The van der Waals surface area contributed by atoms with Gasteiger partial charge in [-0.05, 0) is 30.5 Å². The lowest BCUT2D eigenvalue weighted by Crippen LogP contribution is -2.35. The SMILES string of the molecule is COc1cc2c(cc1F)CCC(N)C2=O.Cl. The van der Waals surface area contributed by atoms with E-state index in [0.717, 1.165) is 5.56 Å². The lowest BCUT2D eigenvalue weighted by atomic mass is 9.87. The Labute approximate surface area is 99.2 Å². The van der Waals surface area contributed by atoms with Crippen LogP contribution in [0.4, 0.5) is 4.39 Å². The van der Waals surface area contributed by atoms with Gasteiger partial charge < -0.3 is 10.5 Å². The molecule has 88 valence electrons. The van der Waals surface area contributed by atoms with Crippen LogP contribution in [0, 0.1) is 5.82 Å². The topological polar surface area (TPSA) is 52.3 Å². The quantitative estimate of drug-likeness (QED) is 0.820. The van der Waals surface area contributed by atoms with E-state index in [-0.39, 0.29) is 23.9 Å². The summed E-state index contributed by atoms with van der Waals surface area (Å²) in [6.07, 6.45) is 1.22. The molecule has 2 N–H and O–H groups in total. The van der Waals surface area contributed by atoms with Crippen molar-refractivity contribution in [2.45, 2.75) is 18.9 Å². The minimum absolute atomic E-state index is 0. The Bertz CT molecular complexity index is 423. The van der Waals surface area contributed by atoms with E-state index in [9.17, 15) is 9.18 Å². The molecule has 1 aromatic carbocycles. The minimum Gasteiger partial charge on any atom is -0.494 e. The zero-order valence-electron chi connectivity index (χ0n) is 8.83. The van der Waals surface area contributed by atoms with Crippen LogP contribution >= 0.6 is 12.4 Å². The molecule has 5 heteroatoms. The van der Waals surface area contributed by atoms with Crippen molar-refractivity contribution in [3.05, 3.63) is 29.1 Å². The van der Waals surface area contributed by atoms with Crippen LogP contribution in [0.3, 0.4) is 0 Å². The molecule has 16 heavy (non-hydrogen) atoms. The van der Waals surface area contributed by atoms with Gasteiger partial charge in [0, 0.05) is 5.56 Å². The van der Waals surface area contributed by atoms with Crippen molar-refractivity contribution in [1.29, 1.82) is 0 Å². The van der Waals surface area contributed by atoms with Gasteiger partial charge >= 0.3 is 0 Å². The highest BCUT2D eigenvalue weighted by Gasteiger charge is 2.25. The van der Waals surface area contributed by atoms with Crippen LogP contribution in [0.25, 0.3) is 0 Å². The molecule has 0 radical (unpaired) electrons. The lowest BCUT2D eigenvalue weighted by molar-refractivity contribution is 0.0948. The van der Waals surface area contributed by atoms with Crippen molar-refractivity contribution >= 4 is 18.2 Å². The first-order valence-electron chi connectivity index (χ1n) is 4.79. The third-order valence-electron chi connectivity index (χ3n) is 2.70. The van der Waals surface area contributed by atoms with Crippen LogP contribution < -0.4 is 10.5 Å². The molecule has 1 aliphatic carbocycles. The standard InChI is InChI=1S/C11H12FNO2.ClH/c1-15-10-5-7-6(4-8(10)12)2-3-9(13)11(7)14;/h4-5,9H,2-3,13H2,1H3;1H. The number of halogens is 2. The highest BCUT2D eigenvalue weighted by molar-refractivity contribution is 6.02. The third kappa shape index (κ3) is 2.03. The molecule has 0 fully saturated rings. The van der Waals surface area contributed by atoms with Gasteiger partial charge in [-0.3, -0.25) is 4.79 Å². The number of carbonyl (C=O) groups excluding carboxylic acids is 1. The van der Waals surface area contributed by atoms with Crippen LogP contribution in [0.2, 0.25) is 0 Å². The normalized spacial score (nSPS) is 18.7. The fourth-order valence-corrected chi connectivity index (χ4v) is 1.83. The summed E-state index contributed by atoms with van der Waals surface area (Å²) < 4.78 is 18.2. The fourth-order valence-electron chi connectivity index (χ4n) is 1.83. The second-order valence-corrected chi connectivity index (χ2v) is 3.65. The Hall–Kier alpha value is -1.13. The molecule has 1 unspecified atom stereocenters. The third-order valence-corrected chi connectivity index (χ3v) is 2.70. The number of methoxy groups -OCH3 is 1. The van der Waals surface area contributed by atoms with Crippen molar-refractivity contribution in [2.75, 3.05) is 7.11 Å². The Morgan fingerprint density at radius 1 is 1.50 bits per heavy atom. The number of hydrogen-bond acceptors (Lipinski definition) is 3. The van der Waals surface area contributed by atoms with Crippen molar-refractivity contribution in [3.8, 4) is 5.75 Å². The predicted octanol–water partition coefficient (Wildman–Crippen LogP) is 1.71. The molecule has 0 spiro atoms. The van der Waals surface area contributed by atoms with Gasteiger partial charge in [-0.15, -0.1) is 12.4 Å². The summed E-state index contributed by atoms with van der Waals surface area (Å²) in [4.78, 5) is 11.7. The molecule has 1 atom stereocenters. The average Bonchev–Trinajstić information content (AvgIpc) is 2.23. The maximum atomic E-state index is 13.3. The lowest BCUT2D eigenvalue weighted by Gasteiger charge is -2.20. The van der Waals surface area contributed by atoms with E-state index in [1.165, 1.54) is 19.2 Å². The van der Waals surface area contributed by atoms with Gasteiger partial charge in [0.25, 0.3) is 0 Å². The van der Waals surface area contributed by atoms with Crippen LogP contribution in [-0.2, 0) is 6.42 Å². The van der Waals surface area contributed by atoms with Gasteiger partial charge in [0.05, 0.1) is 13.2 Å². The number of Topliss-reactive ketones (excluding diaryl/α,β-unsaturated/α-hetero) is 1. The van der Waals surface area contributed by atoms with Crippen LogP contribution in [0.5, 0.6) is 5.75 Å². The van der Waals surface area contributed by atoms with E-state index in [1.807, 2.05) is 0 Å². The number of ketones is 1. The fraction of sp³-hybridized carbons (Fsp3) is 0.364. The van der Waals surface area contributed by atoms with Crippen LogP contribution in [0.1, 0.15) is 22.3 Å². The summed E-state index contributed by atoms with van der Waals surface area (Å²) in [5, 5.41) is 0. The van der Waals surface area contributed by atoms with E-state index in [4.69, 9.17) is 10.5 Å². The van der Waals surface area contributed by atoms with Crippen molar-refractivity contribution in [3.63, 3.8) is 0 Å². The van der Waals surface area contributed by atoms with Gasteiger partial charge in [-0.2, -0.15) is 0 Å². The largest absolute Gasteiger partial charge is 0.494 e. The Morgan fingerprint density at radius 3 is 2.81 bits per heavy atom. The monoisotopic (exact) mass is 245 g/mol. The molecule has 1 aromatic rings. The zero-order valence-corrected chi connectivity index (χ0v) is 9.64. The molecule has 0 saturated carbocycles. The number of carbonyl (C=O) groups is 1. The maximum Gasteiger partial charge on any atom is 0.179 e. The zero-order chi connectivity index (χ0) is 11.0. The second-order valence-electron chi connectivity index (χ2n) is 3.65. The van der Waals surface area contributed by atoms with Gasteiger partial charge in [-0.1, -0.05) is 0 Å². The number of fused-ring (bicyclic) bond motifs is 1. The first-order valence-corrected chi connectivity index (χ1v) is 4.79. The molecule has 1 aliphatic rings. The Balaban J connectivity index is 0.00000128. The smallest absolute Gasteiger partial charge is 0.179 e. The summed E-state index contributed by atoms with van der Waals surface area (Å²) in [5.74, 6) is -0.467. The summed E-state index contributed by atoms with van der Waals surface area (Å²) >= 11 is 0. The molecule has 0 bridgehead atoms. The van der Waals surface area contributed by atoms with E-state index < -0.39 is 11.9 Å². The molecule has 0 aromatic heterocycles. The van der Waals surface area contributed by atoms with Gasteiger partial charge in [0.15, 0.2) is 17.3 Å². The van der Waals surface area contributed by atoms with Crippen LogP contribution in [0.15, 0.2) is 12.1 Å². The van der Waals surface area contributed by atoms with E-state index in [1.54, 1.807) is 0 Å². The van der Waals surface area contributed by atoms with Gasteiger partial charge in [0.2, 0.25) is 0 Å². The molecular formula is C11H13ClFNO2. The van der Waals surface area contributed by atoms with Crippen LogP contribution in [-0.4, -0.2) is 18.9 Å². The molecule has 0 amide bonds. The predicted molar refractivity (Wildman–Crippen MR) is 60.8 cm³/mol. The molecule has 0 heterocycles. The summed E-state index contributed by atoms with van der Waals surface area (Å²) in [7, 11) is 1.37. The number of benzene rings is 1. The summed E-state index contributed by atoms with van der Waals surface area (Å²) in [6.45, 7) is 0. The number of hydrogen-bond donors (Lipinski definition) is 1. The highest BCUT2D eigenvalue weighted by Crippen LogP contribution is 2.27. The number of aryl methyl sites for hydroxylation is 1. The first-order chi connectivity index (χ1) is 7.13. The number of nitrogens with two attached hydrogens (primary N) is 1. The molecule has 3 nitrogen and oxygen atoms in total. The average molecular weight is 246 g/mol. The summed E-state index contributed by atoms with van der Waals surface area (Å²) in [5.41, 5.74) is 6.85. The molecule has 0 saturated heterocycles. The Kier molecular flexibility index (Phi) is 3.88. The molecular weight excluding hydrogens is 233 g/mol. The molecule has 0 aliphatic heterocycles. The number of rotatable bonds is 1. The second kappa shape index (κ2) is 4.80. The Morgan fingerprint density at radius 2 is 2.19 bits per heavy atom. The van der Waals surface area contributed by atoms with Gasteiger partial charge in [-0.25, -0.2) is 4.39 Å². The highest BCUT2D eigenvalue weighted by atomic mass is 35.5. The van der Waals surface area contributed by atoms with E-state index >= 15 is 0 Å². The molecule has 2 rings (SSSR count). The minimum atomic E-state index is -0.465. The first kappa shape index (κ1) is 12.9. The van der Waals surface area contributed by atoms with Crippen molar-refractivity contribution < 1.29 is 13.9 Å². The van der Waals surface area contributed by atoms with Gasteiger partial charge in [0.1, 0.15) is 0 Å². The maximum absolute atomic E-state index is 13.3. The summed E-state index contributed by atoms with van der Waals surface area (Å²) in [6, 6.07) is 2.33.